The molecule has 0 aliphatic carbocycles. The highest BCUT2D eigenvalue weighted by Crippen LogP contribution is 2.09. The fraction of sp³-hybridized carbons (Fsp3) is 0.944. The number of halogens is 1. The van der Waals surface area contributed by atoms with Gasteiger partial charge in [0.2, 0.25) is 0 Å². The summed E-state index contributed by atoms with van der Waals surface area (Å²) in [4.78, 5) is 6.87. The Hall–Kier alpha value is -0.120. The molecule has 0 aromatic carbocycles. The average molecular weight is 470 g/mol. The lowest BCUT2D eigenvalue weighted by atomic mass is 10.1. The second-order valence-electron chi connectivity index (χ2n) is 6.35. The second-order valence-corrected chi connectivity index (χ2v) is 6.35. The molecule has 6 nitrogen and oxygen atoms in total. The van der Waals surface area contributed by atoms with Gasteiger partial charge in [0, 0.05) is 33.9 Å². The number of hydrogen-bond donors (Lipinski definition) is 2. The normalized spacial score (nSPS) is 15.7. The number of guanidine groups is 1. The first-order chi connectivity index (χ1) is 11.9. The Labute approximate surface area is 171 Å². The first kappa shape index (κ1) is 24.9. The van der Waals surface area contributed by atoms with Crippen LogP contribution in [0.1, 0.15) is 44.9 Å². The third-order valence-electron chi connectivity index (χ3n) is 4.31. The molecular formula is C18H39IN4O2. The molecule has 0 unspecified atom stereocenters. The van der Waals surface area contributed by atoms with Crippen LogP contribution < -0.4 is 10.6 Å². The third-order valence-corrected chi connectivity index (χ3v) is 4.31. The van der Waals surface area contributed by atoms with E-state index in [0.717, 1.165) is 32.1 Å². The quantitative estimate of drug-likeness (QED) is 0.188. The summed E-state index contributed by atoms with van der Waals surface area (Å²) in [5.74, 6) is 0.892. The molecule has 1 fully saturated rings. The van der Waals surface area contributed by atoms with E-state index >= 15 is 0 Å². The van der Waals surface area contributed by atoms with Crippen LogP contribution >= 0.6 is 24.0 Å². The van der Waals surface area contributed by atoms with Crippen LogP contribution in [-0.4, -0.2) is 77.6 Å². The van der Waals surface area contributed by atoms with Crippen LogP contribution in [0.15, 0.2) is 4.99 Å². The van der Waals surface area contributed by atoms with Crippen molar-refractivity contribution in [3.05, 3.63) is 0 Å². The number of unbranched alkanes of at least 4 members (excludes halogenated alkanes) is 2. The summed E-state index contributed by atoms with van der Waals surface area (Å²) in [7, 11) is 3.51. The zero-order chi connectivity index (χ0) is 17.3. The second kappa shape index (κ2) is 18.7. The van der Waals surface area contributed by atoms with Crippen molar-refractivity contribution in [3.63, 3.8) is 0 Å². The zero-order valence-electron chi connectivity index (χ0n) is 16.2. The molecule has 1 rings (SSSR count). The standard InChI is InChI=1S/C18H38N4O2.HI/c1-19-18(21-11-9-15-24-17-16-23-2)20-10-5-3-6-12-22-13-7-4-8-14-22;/h3-17H2,1-2H3,(H2,19,20,21);1H. The Balaban J connectivity index is 0.00000576. The van der Waals surface area contributed by atoms with Gasteiger partial charge in [-0.25, -0.2) is 0 Å². The minimum atomic E-state index is 0. The first-order valence-electron chi connectivity index (χ1n) is 9.60. The van der Waals surface area contributed by atoms with E-state index in [-0.39, 0.29) is 24.0 Å². The van der Waals surface area contributed by atoms with E-state index in [4.69, 9.17) is 9.47 Å². The van der Waals surface area contributed by atoms with Gasteiger partial charge in [-0.05, 0) is 51.7 Å². The molecule has 1 saturated heterocycles. The van der Waals surface area contributed by atoms with Gasteiger partial charge in [0.25, 0.3) is 0 Å². The van der Waals surface area contributed by atoms with Gasteiger partial charge in [-0.1, -0.05) is 12.8 Å². The fourth-order valence-corrected chi connectivity index (χ4v) is 2.87. The zero-order valence-corrected chi connectivity index (χ0v) is 18.6. The molecule has 1 aliphatic heterocycles. The Kier molecular flexibility index (Phi) is 18.6. The number of nitrogens with one attached hydrogen (secondary N) is 2. The number of likely N-dealkylation sites (tertiary alicyclic amines) is 1. The molecule has 0 atom stereocenters. The monoisotopic (exact) mass is 470 g/mol. The van der Waals surface area contributed by atoms with Crippen LogP contribution in [0.4, 0.5) is 0 Å². The Morgan fingerprint density at radius 1 is 0.920 bits per heavy atom. The average Bonchev–Trinajstić information content (AvgIpc) is 2.63. The SMILES string of the molecule is CN=C(NCCCCCN1CCCCC1)NCCCOCCOC.I. The molecule has 7 heteroatoms. The van der Waals surface area contributed by atoms with E-state index in [1.807, 2.05) is 7.05 Å². The minimum absolute atomic E-state index is 0. The van der Waals surface area contributed by atoms with Crippen LogP contribution in [0, 0.1) is 0 Å². The Bertz CT molecular complexity index is 313. The molecule has 0 aromatic rings. The molecule has 0 aromatic heterocycles. The van der Waals surface area contributed by atoms with Gasteiger partial charge in [0.1, 0.15) is 0 Å². The number of nitrogens with zero attached hydrogens (tertiary/aromatic N) is 2. The molecule has 1 aliphatic rings. The maximum absolute atomic E-state index is 5.44. The number of aliphatic imine (C=N–C) groups is 1. The van der Waals surface area contributed by atoms with Gasteiger partial charge >= 0.3 is 0 Å². The van der Waals surface area contributed by atoms with Crippen LogP contribution in [0.5, 0.6) is 0 Å². The topological polar surface area (TPSA) is 58.1 Å². The van der Waals surface area contributed by atoms with E-state index in [1.54, 1.807) is 7.11 Å². The van der Waals surface area contributed by atoms with Gasteiger partial charge in [0.15, 0.2) is 5.96 Å². The lowest BCUT2D eigenvalue weighted by Crippen LogP contribution is -2.38. The van der Waals surface area contributed by atoms with Crippen molar-refractivity contribution in [2.24, 2.45) is 4.99 Å². The third kappa shape index (κ3) is 14.7. The number of methoxy groups -OCH3 is 1. The highest BCUT2D eigenvalue weighted by Gasteiger charge is 2.08. The van der Waals surface area contributed by atoms with Crippen LogP contribution in [0.3, 0.4) is 0 Å². The molecular weight excluding hydrogens is 431 g/mol. The summed E-state index contributed by atoms with van der Waals surface area (Å²) in [5, 5.41) is 6.71. The molecule has 0 amide bonds. The largest absolute Gasteiger partial charge is 0.382 e. The van der Waals surface area contributed by atoms with Crippen molar-refractivity contribution < 1.29 is 9.47 Å². The molecule has 1 heterocycles. The lowest BCUT2D eigenvalue weighted by molar-refractivity contribution is 0.0698. The number of hydrogen-bond acceptors (Lipinski definition) is 4. The van der Waals surface area contributed by atoms with Crippen LogP contribution in [0.25, 0.3) is 0 Å². The molecule has 0 radical (unpaired) electrons. The highest BCUT2D eigenvalue weighted by molar-refractivity contribution is 14.0. The van der Waals surface area contributed by atoms with Crippen molar-refractivity contribution in [2.75, 3.05) is 66.7 Å². The van der Waals surface area contributed by atoms with E-state index in [0.29, 0.717) is 13.2 Å². The Morgan fingerprint density at radius 3 is 2.32 bits per heavy atom. The van der Waals surface area contributed by atoms with Gasteiger partial charge < -0.3 is 25.0 Å². The number of rotatable bonds is 13. The summed E-state index contributed by atoms with van der Waals surface area (Å²) in [6.45, 7) is 7.84. The van der Waals surface area contributed by atoms with Gasteiger partial charge in [-0.3, -0.25) is 4.99 Å². The summed E-state index contributed by atoms with van der Waals surface area (Å²) in [6.07, 6.45) is 8.98. The molecule has 150 valence electrons. The van der Waals surface area contributed by atoms with Crippen molar-refractivity contribution in [3.8, 4) is 0 Å². The van der Waals surface area contributed by atoms with Gasteiger partial charge in [-0.2, -0.15) is 0 Å². The van der Waals surface area contributed by atoms with Crippen molar-refractivity contribution in [1.29, 1.82) is 0 Å². The highest BCUT2D eigenvalue weighted by atomic mass is 127. The Morgan fingerprint density at radius 2 is 1.64 bits per heavy atom. The van der Waals surface area contributed by atoms with Crippen LogP contribution in [-0.2, 0) is 9.47 Å². The summed E-state index contributed by atoms with van der Waals surface area (Å²) >= 11 is 0. The van der Waals surface area contributed by atoms with E-state index in [2.05, 4.69) is 20.5 Å². The van der Waals surface area contributed by atoms with Crippen molar-refractivity contribution in [2.45, 2.75) is 44.9 Å². The van der Waals surface area contributed by atoms with Crippen LogP contribution in [0.2, 0.25) is 0 Å². The van der Waals surface area contributed by atoms with Gasteiger partial charge in [-0.15, -0.1) is 24.0 Å². The maximum Gasteiger partial charge on any atom is 0.190 e. The summed E-state index contributed by atoms with van der Waals surface area (Å²) in [6, 6.07) is 0. The predicted molar refractivity (Wildman–Crippen MR) is 116 cm³/mol. The first-order valence-corrected chi connectivity index (χ1v) is 9.60. The van der Waals surface area contributed by atoms with E-state index in [9.17, 15) is 0 Å². The molecule has 0 bridgehead atoms. The fourth-order valence-electron chi connectivity index (χ4n) is 2.87. The molecule has 25 heavy (non-hydrogen) atoms. The molecule has 2 N–H and O–H groups in total. The van der Waals surface area contributed by atoms with E-state index < -0.39 is 0 Å². The maximum atomic E-state index is 5.44. The summed E-state index contributed by atoms with van der Waals surface area (Å²) in [5.41, 5.74) is 0. The molecule has 0 saturated carbocycles. The number of ether oxygens (including phenoxy) is 2. The smallest absolute Gasteiger partial charge is 0.190 e. The number of piperidine rings is 1. The van der Waals surface area contributed by atoms with E-state index in [1.165, 1.54) is 58.2 Å². The summed E-state index contributed by atoms with van der Waals surface area (Å²) < 4.78 is 10.4. The van der Waals surface area contributed by atoms with Gasteiger partial charge in [0.05, 0.1) is 13.2 Å². The molecule has 0 spiro atoms. The predicted octanol–water partition coefficient (Wildman–Crippen LogP) is 2.48. The van der Waals surface area contributed by atoms with Crippen molar-refractivity contribution in [1.82, 2.24) is 15.5 Å². The minimum Gasteiger partial charge on any atom is -0.382 e. The van der Waals surface area contributed by atoms with Crippen molar-refractivity contribution >= 4 is 29.9 Å². The lowest BCUT2D eigenvalue weighted by Gasteiger charge is -2.26.